The molecule has 5 rings (SSSR count). The molecule has 1 aliphatic carbocycles. The number of fused-ring (bicyclic) bond motifs is 1. The first-order valence-corrected chi connectivity index (χ1v) is 13.7. The molecule has 0 atom stereocenters. The molecule has 4 aromatic rings. The molecule has 0 bridgehead atoms. The highest BCUT2D eigenvalue weighted by Crippen LogP contribution is 2.49. The Morgan fingerprint density at radius 2 is 1.97 bits per heavy atom. The summed E-state index contributed by atoms with van der Waals surface area (Å²) in [5, 5.41) is 0.803. The summed E-state index contributed by atoms with van der Waals surface area (Å²) in [6.45, 7) is 0.230. The number of furan rings is 1. The van der Waals surface area contributed by atoms with Crippen LogP contribution < -0.4 is 10.0 Å². The second-order valence-electron chi connectivity index (χ2n) is 9.19. The van der Waals surface area contributed by atoms with E-state index in [9.17, 15) is 17.6 Å². The number of hydrogen-bond donors (Lipinski definition) is 2. The number of nitrogens with one attached hydrogen (secondary N) is 1. The van der Waals surface area contributed by atoms with E-state index in [4.69, 9.17) is 10.2 Å². The number of benzene rings is 2. The van der Waals surface area contributed by atoms with Crippen LogP contribution in [0.15, 0.2) is 53.2 Å². The number of rotatable bonds is 10. The minimum atomic E-state index is -3.60. The minimum Gasteiger partial charge on any atom is -0.455 e. The van der Waals surface area contributed by atoms with Gasteiger partial charge in [0.05, 0.1) is 17.5 Å². The number of hydrogen-bond acceptors (Lipinski definition) is 5. The second-order valence-corrected chi connectivity index (χ2v) is 11.1. The summed E-state index contributed by atoms with van der Waals surface area (Å²) in [6, 6.07) is 9.79. The molecule has 1 saturated carbocycles. The van der Waals surface area contributed by atoms with E-state index in [1.165, 1.54) is 22.7 Å². The number of aromatic amines is 1. The number of carbonyl (C=O) groups is 1. The molecule has 2 aromatic heterocycles. The summed E-state index contributed by atoms with van der Waals surface area (Å²) in [5.41, 5.74) is 8.68. The topological polar surface area (TPSA) is 122 Å². The van der Waals surface area contributed by atoms with Gasteiger partial charge in [-0.3, -0.25) is 9.10 Å². The molecule has 0 unspecified atom stereocenters. The van der Waals surface area contributed by atoms with Crippen LogP contribution >= 0.6 is 0 Å². The molecule has 3 N–H and O–H groups in total. The molecule has 10 heteroatoms. The van der Waals surface area contributed by atoms with E-state index in [2.05, 4.69) is 9.97 Å². The standard InChI is InChI=1S/C26H27FN4O4S/c1-36(33,34)31(13-3-2-4-23(28)32)21-15-22-20(14-19(21)16-5-6-16)24(26-29-11-12-30-26)25(35-22)17-7-9-18(27)10-8-17/h7-12,14-16H,2-6,13H2,1H3,(H2,28,32)(H,29,30). The highest BCUT2D eigenvalue weighted by atomic mass is 32.2. The largest absolute Gasteiger partial charge is 0.455 e. The molecule has 2 heterocycles. The van der Waals surface area contributed by atoms with E-state index in [1.54, 1.807) is 30.6 Å². The first kappa shape index (κ1) is 24.1. The zero-order chi connectivity index (χ0) is 25.4. The lowest BCUT2D eigenvalue weighted by atomic mass is 10.0. The van der Waals surface area contributed by atoms with E-state index < -0.39 is 15.9 Å². The zero-order valence-electron chi connectivity index (χ0n) is 19.8. The maximum Gasteiger partial charge on any atom is 0.232 e. The van der Waals surface area contributed by atoms with Crippen LogP contribution in [0.1, 0.15) is 43.6 Å². The molecule has 1 aliphatic rings. The van der Waals surface area contributed by atoms with Crippen LogP contribution in [0.2, 0.25) is 0 Å². The van der Waals surface area contributed by atoms with Gasteiger partial charge in [0.2, 0.25) is 15.9 Å². The summed E-state index contributed by atoms with van der Waals surface area (Å²) in [6.07, 6.45) is 7.69. The van der Waals surface area contributed by atoms with Gasteiger partial charge >= 0.3 is 0 Å². The van der Waals surface area contributed by atoms with Crippen molar-refractivity contribution in [2.75, 3.05) is 17.1 Å². The maximum absolute atomic E-state index is 13.6. The lowest BCUT2D eigenvalue weighted by molar-refractivity contribution is -0.118. The van der Waals surface area contributed by atoms with Crippen molar-refractivity contribution >= 4 is 32.6 Å². The summed E-state index contributed by atoms with van der Waals surface area (Å²) in [7, 11) is -3.60. The van der Waals surface area contributed by atoms with Crippen LogP contribution in [-0.2, 0) is 14.8 Å². The number of amides is 1. The fourth-order valence-corrected chi connectivity index (χ4v) is 5.52. The molecule has 0 saturated heterocycles. The van der Waals surface area contributed by atoms with E-state index in [-0.39, 0.29) is 24.7 Å². The summed E-state index contributed by atoms with van der Waals surface area (Å²) in [5.74, 6) is 0.608. The Morgan fingerprint density at radius 3 is 2.58 bits per heavy atom. The number of aromatic nitrogens is 2. The predicted octanol–water partition coefficient (Wildman–Crippen LogP) is 4.93. The van der Waals surface area contributed by atoms with Crippen molar-refractivity contribution in [1.29, 1.82) is 0 Å². The van der Waals surface area contributed by atoms with Crippen molar-refractivity contribution < 1.29 is 22.0 Å². The van der Waals surface area contributed by atoms with Gasteiger partial charge in [-0.25, -0.2) is 17.8 Å². The zero-order valence-corrected chi connectivity index (χ0v) is 20.6. The normalized spacial score (nSPS) is 13.8. The van der Waals surface area contributed by atoms with Crippen LogP contribution in [0.25, 0.3) is 33.7 Å². The third kappa shape index (κ3) is 4.86. The SMILES string of the molecule is CS(=O)(=O)N(CCCCC(N)=O)c1cc2oc(-c3ccc(F)cc3)c(-c3ncc[nH]3)c2cc1C1CC1. The van der Waals surface area contributed by atoms with Crippen molar-refractivity contribution in [3.63, 3.8) is 0 Å². The van der Waals surface area contributed by atoms with Gasteiger partial charge in [-0.1, -0.05) is 0 Å². The molecular formula is C26H27FN4O4S. The number of anilines is 1. The molecule has 0 radical (unpaired) electrons. The quantitative estimate of drug-likeness (QED) is 0.293. The van der Waals surface area contributed by atoms with Crippen LogP contribution in [0.5, 0.6) is 0 Å². The molecule has 188 valence electrons. The summed E-state index contributed by atoms with van der Waals surface area (Å²) >= 11 is 0. The fourth-order valence-electron chi connectivity index (χ4n) is 4.55. The number of halogens is 1. The summed E-state index contributed by atoms with van der Waals surface area (Å²) < 4.78 is 47.0. The first-order chi connectivity index (χ1) is 17.2. The monoisotopic (exact) mass is 510 g/mol. The van der Waals surface area contributed by atoms with Crippen molar-refractivity contribution in [2.24, 2.45) is 5.73 Å². The van der Waals surface area contributed by atoms with Crippen molar-refractivity contribution in [3.8, 4) is 22.7 Å². The van der Waals surface area contributed by atoms with E-state index >= 15 is 0 Å². The first-order valence-electron chi connectivity index (χ1n) is 11.8. The van der Waals surface area contributed by atoms with E-state index in [0.717, 1.165) is 29.4 Å². The van der Waals surface area contributed by atoms with Crippen LogP contribution in [0.4, 0.5) is 10.1 Å². The van der Waals surface area contributed by atoms with Crippen LogP contribution in [0.3, 0.4) is 0 Å². The Kier molecular flexibility index (Phi) is 6.29. The Morgan fingerprint density at radius 1 is 1.22 bits per heavy atom. The van der Waals surface area contributed by atoms with Gasteiger partial charge in [0, 0.05) is 42.4 Å². The smallest absolute Gasteiger partial charge is 0.232 e. The lowest BCUT2D eigenvalue weighted by Crippen LogP contribution is -2.31. The number of primary amides is 1. The van der Waals surface area contributed by atoms with Crippen LogP contribution in [0, 0.1) is 5.82 Å². The van der Waals surface area contributed by atoms with Gasteiger partial charge < -0.3 is 15.1 Å². The van der Waals surface area contributed by atoms with E-state index in [0.29, 0.717) is 41.3 Å². The molecule has 0 aliphatic heterocycles. The molecule has 1 fully saturated rings. The lowest BCUT2D eigenvalue weighted by Gasteiger charge is -2.25. The van der Waals surface area contributed by atoms with Crippen molar-refractivity contribution in [1.82, 2.24) is 9.97 Å². The number of H-pyrrole nitrogens is 1. The number of carbonyl (C=O) groups excluding carboxylic acids is 1. The van der Waals surface area contributed by atoms with Gasteiger partial charge in [-0.15, -0.1) is 0 Å². The number of nitrogens with zero attached hydrogens (tertiary/aromatic N) is 2. The number of imidazole rings is 1. The molecule has 2 aromatic carbocycles. The van der Waals surface area contributed by atoms with Crippen molar-refractivity contribution in [2.45, 2.75) is 38.0 Å². The third-order valence-electron chi connectivity index (χ3n) is 6.40. The van der Waals surface area contributed by atoms with Gasteiger partial charge in [0.1, 0.15) is 23.0 Å². The van der Waals surface area contributed by atoms with Gasteiger partial charge in [0.15, 0.2) is 0 Å². The summed E-state index contributed by atoms with van der Waals surface area (Å²) in [4.78, 5) is 18.7. The Balaban J connectivity index is 1.67. The van der Waals surface area contributed by atoms with Gasteiger partial charge in [0.25, 0.3) is 0 Å². The van der Waals surface area contributed by atoms with Crippen LogP contribution in [-0.4, -0.2) is 37.1 Å². The molecule has 8 nitrogen and oxygen atoms in total. The second kappa shape index (κ2) is 9.42. The molecule has 1 amide bonds. The highest BCUT2D eigenvalue weighted by molar-refractivity contribution is 7.92. The molecule has 0 spiro atoms. The van der Waals surface area contributed by atoms with Gasteiger partial charge in [-0.2, -0.15) is 0 Å². The Bertz CT molecular complexity index is 1510. The Labute approximate surface area is 208 Å². The Hall–Kier alpha value is -3.66. The van der Waals surface area contributed by atoms with Crippen molar-refractivity contribution in [3.05, 3.63) is 60.2 Å². The van der Waals surface area contributed by atoms with E-state index in [1.807, 2.05) is 6.07 Å². The number of unbranched alkanes of at least 4 members (excludes halogenated alkanes) is 1. The van der Waals surface area contributed by atoms with Gasteiger partial charge in [-0.05, 0) is 67.5 Å². The molecular weight excluding hydrogens is 483 g/mol. The third-order valence-corrected chi connectivity index (χ3v) is 7.58. The number of nitrogens with two attached hydrogens (primary N) is 1. The fraction of sp³-hybridized carbons (Fsp3) is 0.308. The minimum absolute atomic E-state index is 0.206. The number of sulfonamides is 1. The highest BCUT2D eigenvalue weighted by Gasteiger charge is 2.32. The predicted molar refractivity (Wildman–Crippen MR) is 136 cm³/mol. The average molecular weight is 511 g/mol. The molecule has 36 heavy (non-hydrogen) atoms. The maximum atomic E-state index is 13.6. The average Bonchev–Trinajstić information content (AvgIpc) is 3.39.